The summed E-state index contributed by atoms with van der Waals surface area (Å²) in [6.45, 7) is 0. The van der Waals surface area contributed by atoms with Crippen molar-refractivity contribution in [1.82, 2.24) is 0 Å². The highest BCUT2D eigenvalue weighted by Gasteiger charge is 2.19. The zero-order valence-electron chi connectivity index (χ0n) is 11.8. The molecule has 0 spiro atoms. The minimum Gasteiger partial charge on any atom is -0.508 e. The van der Waals surface area contributed by atoms with Gasteiger partial charge in [-0.15, -0.1) is 0 Å². The monoisotopic (exact) mass is 306 g/mol. The molecule has 5 nitrogen and oxygen atoms in total. The number of aromatic hydroxyl groups is 1. The number of rotatable bonds is 2. The Morgan fingerprint density at radius 2 is 1.65 bits per heavy atom. The molecule has 4 aromatic rings. The molecule has 0 aliphatic carbocycles. The SMILES string of the molecule is O=C(c1cc2cc(O)ccc2o1)c1cc2ccccc2oc1=O. The normalized spacial score (nSPS) is 11.1. The van der Waals surface area contributed by atoms with E-state index in [9.17, 15) is 14.7 Å². The highest BCUT2D eigenvalue weighted by atomic mass is 16.4. The van der Waals surface area contributed by atoms with Crippen molar-refractivity contribution in [2.75, 3.05) is 0 Å². The van der Waals surface area contributed by atoms with Crippen molar-refractivity contribution in [2.24, 2.45) is 0 Å². The molecular formula is C18H10O5. The van der Waals surface area contributed by atoms with E-state index in [1.54, 1.807) is 30.3 Å². The number of para-hydroxylation sites is 1. The summed E-state index contributed by atoms with van der Waals surface area (Å²) in [7, 11) is 0. The fraction of sp³-hybridized carbons (Fsp3) is 0. The van der Waals surface area contributed by atoms with Crippen LogP contribution in [-0.4, -0.2) is 10.9 Å². The smallest absolute Gasteiger partial charge is 0.347 e. The molecular weight excluding hydrogens is 296 g/mol. The number of benzene rings is 2. The summed E-state index contributed by atoms with van der Waals surface area (Å²) >= 11 is 0. The lowest BCUT2D eigenvalue weighted by Gasteiger charge is -1.99. The number of phenolic OH excluding ortho intramolecular Hbond substituents is 1. The van der Waals surface area contributed by atoms with Crippen LogP contribution >= 0.6 is 0 Å². The zero-order valence-corrected chi connectivity index (χ0v) is 11.8. The fourth-order valence-corrected chi connectivity index (χ4v) is 2.50. The summed E-state index contributed by atoms with van der Waals surface area (Å²) in [6, 6.07) is 14.5. The van der Waals surface area contributed by atoms with Crippen LogP contribution in [0, 0.1) is 0 Å². The summed E-state index contributed by atoms with van der Waals surface area (Å²) in [5.41, 5.74) is 0.0730. The lowest BCUT2D eigenvalue weighted by Crippen LogP contribution is -2.14. The van der Waals surface area contributed by atoms with E-state index >= 15 is 0 Å². The van der Waals surface area contributed by atoms with E-state index < -0.39 is 11.4 Å². The zero-order chi connectivity index (χ0) is 16.0. The van der Waals surface area contributed by atoms with Crippen molar-refractivity contribution in [2.45, 2.75) is 0 Å². The van der Waals surface area contributed by atoms with Gasteiger partial charge in [-0.3, -0.25) is 4.79 Å². The number of fused-ring (bicyclic) bond motifs is 2. The Kier molecular flexibility index (Phi) is 2.81. The number of phenols is 1. The van der Waals surface area contributed by atoms with Crippen molar-refractivity contribution in [3.8, 4) is 5.75 Å². The van der Waals surface area contributed by atoms with Crippen LogP contribution in [0.2, 0.25) is 0 Å². The minimum atomic E-state index is -0.711. The third-order valence-corrected chi connectivity index (χ3v) is 3.61. The molecule has 0 atom stereocenters. The Hall–Kier alpha value is -3.34. The molecule has 0 fully saturated rings. The lowest BCUT2D eigenvalue weighted by atomic mass is 10.1. The van der Waals surface area contributed by atoms with Gasteiger partial charge < -0.3 is 13.9 Å². The molecule has 112 valence electrons. The highest BCUT2D eigenvalue weighted by Crippen LogP contribution is 2.25. The molecule has 2 aromatic heterocycles. The number of carbonyl (C=O) groups is 1. The molecule has 1 N–H and O–H groups in total. The number of carbonyl (C=O) groups excluding carboxylic acids is 1. The van der Waals surface area contributed by atoms with Gasteiger partial charge in [0.1, 0.15) is 22.5 Å². The second-order valence-corrected chi connectivity index (χ2v) is 5.15. The van der Waals surface area contributed by atoms with Gasteiger partial charge in [0.05, 0.1) is 0 Å². The van der Waals surface area contributed by atoms with E-state index in [2.05, 4.69) is 0 Å². The molecule has 0 saturated heterocycles. The standard InChI is InChI=1S/C18H10O5/c19-12-5-6-15-11(7-12)9-16(22-15)17(20)13-8-10-3-1-2-4-14(10)23-18(13)21/h1-9,19H. The van der Waals surface area contributed by atoms with Gasteiger partial charge in [-0.2, -0.15) is 0 Å². The van der Waals surface area contributed by atoms with E-state index in [4.69, 9.17) is 8.83 Å². The molecule has 4 rings (SSSR count). The van der Waals surface area contributed by atoms with Gasteiger partial charge in [0, 0.05) is 10.8 Å². The van der Waals surface area contributed by atoms with Crippen molar-refractivity contribution in [3.63, 3.8) is 0 Å². The van der Waals surface area contributed by atoms with Crippen molar-refractivity contribution >= 4 is 27.7 Å². The Morgan fingerprint density at radius 3 is 2.52 bits per heavy atom. The Balaban J connectivity index is 1.87. The summed E-state index contributed by atoms with van der Waals surface area (Å²) in [6.07, 6.45) is 0. The highest BCUT2D eigenvalue weighted by molar-refractivity contribution is 6.09. The molecule has 0 saturated carbocycles. The molecule has 0 unspecified atom stereocenters. The number of ketones is 1. The maximum atomic E-state index is 12.5. The van der Waals surface area contributed by atoms with E-state index in [0.717, 1.165) is 0 Å². The van der Waals surface area contributed by atoms with E-state index in [1.807, 2.05) is 0 Å². The van der Waals surface area contributed by atoms with Crippen molar-refractivity contribution in [1.29, 1.82) is 0 Å². The molecule has 23 heavy (non-hydrogen) atoms. The molecule has 0 amide bonds. The predicted octanol–water partition coefficient (Wildman–Crippen LogP) is 3.48. The predicted molar refractivity (Wildman–Crippen MR) is 83.8 cm³/mol. The first-order chi connectivity index (χ1) is 11.1. The second-order valence-electron chi connectivity index (χ2n) is 5.15. The van der Waals surface area contributed by atoms with Gasteiger partial charge in [0.25, 0.3) is 0 Å². The van der Waals surface area contributed by atoms with Crippen LogP contribution in [0.15, 0.2) is 68.2 Å². The number of hydrogen-bond donors (Lipinski definition) is 1. The largest absolute Gasteiger partial charge is 0.508 e. The summed E-state index contributed by atoms with van der Waals surface area (Å²) < 4.78 is 10.6. The van der Waals surface area contributed by atoms with E-state index in [1.165, 1.54) is 24.3 Å². The second kappa shape index (κ2) is 4.84. The van der Waals surface area contributed by atoms with Crippen LogP contribution < -0.4 is 5.63 Å². The van der Waals surface area contributed by atoms with E-state index in [0.29, 0.717) is 21.9 Å². The van der Waals surface area contributed by atoms with E-state index in [-0.39, 0.29) is 17.1 Å². The minimum absolute atomic E-state index is 0.0215. The van der Waals surface area contributed by atoms with Crippen LogP contribution in [-0.2, 0) is 0 Å². The van der Waals surface area contributed by atoms with Crippen LogP contribution in [0.1, 0.15) is 16.1 Å². The van der Waals surface area contributed by atoms with Gasteiger partial charge in [-0.25, -0.2) is 4.79 Å². The number of furan rings is 1. The van der Waals surface area contributed by atoms with Gasteiger partial charge in [0.2, 0.25) is 5.78 Å². The third kappa shape index (κ3) is 2.19. The van der Waals surface area contributed by atoms with Crippen LogP contribution in [0.25, 0.3) is 21.9 Å². The number of hydrogen-bond acceptors (Lipinski definition) is 5. The molecule has 2 heterocycles. The lowest BCUT2D eigenvalue weighted by molar-refractivity contribution is 0.101. The molecule has 0 bridgehead atoms. The Labute approximate surface area is 129 Å². The Bertz CT molecular complexity index is 1120. The van der Waals surface area contributed by atoms with Gasteiger partial charge in [-0.05, 0) is 36.4 Å². The van der Waals surface area contributed by atoms with Gasteiger partial charge in [0.15, 0.2) is 5.76 Å². The first-order valence-electron chi connectivity index (χ1n) is 6.92. The quantitative estimate of drug-likeness (QED) is 0.453. The maximum absolute atomic E-state index is 12.5. The topological polar surface area (TPSA) is 80.7 Å². The molecule has 5 heteroatoms. The van der Waals surface area contributed by atoms with Crippen LogP contribution in [0.4, 0.5) is 0 Å². The fourth-order valence-electron chi connectivity index (χ4n) is 2.50. The van der Waals surface area contributed by atoms with Gasteiger partial charge in [-0.1, -0.05) is 18.2 Å². The van der Waals surface area contributed by atoms with Crippen LogP contribution in [0.5, 0.6) is 5.75 Å². The van der Waals surface area contributed by atoms with Crippen molar-refractivity contribution in [3.05, 3.63) is 76.3 Å². The van der Waals surface area contributed by atoms with Gasteiger partial charge >= 0.3 is 5.63 Å². The average Bonchev–Trinajstić information content (AvgIpc) is 2.96. The maximum Gasteiger partial charge on any atom is 0.347 e. The summed E-state index contributed by atoms with van der Waals surface area (Å²) in [5.74, 6) is -0.462. The Morgan fingerprint density at radius 1 is 0.870 bits per heavy atom. The molecule has 0 aliphatic heterocycles. The third-order valence-electron chi connectivity index (χ3n) is 3.61. The molecule has 0 radical (unpaired) electrons. The van der Waals surface area contributed by atoms with Crippen LogP contribution in [0.3, 0.4) is 0 Å². The first-order valence-corrected chi connectivity index (χ1v) is 6.92. The summed E-state index contributed by atoms with van der Waals surface area (Å²) in [4.78, 5) is 24.6. The summed E-state index contributed by atoms with van der Waals surface area (Å²) in [5, 5.41) is 10.7. The average molecular weight is 306 g/mol. The molecule has 0 aliphatic rings. The molecule has 2 aromatic carbocycles. The van der Waals surface area contributed by atoms with Crippen molar-refractivity contribution < 1.29 is 18.7 Å². The first kappa shape index (κ1) is 13.3.